The summed E-state index contributed by atoms with van der Waals surface area (Å²) in [4.78, 5) is 40.5. The lowest BCUT2D eigenvalue weighted by atomic mass is 9.76. The molecule has 3 aliphatic heterocycles. The fourth-order valence-electron chi connectivity index (χ4n) is 5.68. The van der Waals surface area contributed by atoms with Crippen LogP contribution in [-0.4, -0.2) is 108 Å². The highest BCUT2D eigenvalue weighted by atomic mass is 16.7. The van der Waals surface area contributed by atoms with Gasteiger partial charge in [0.1, 0.15) is 11.7 Å². The minimum absolute atomic E-state index is 0.0726. The van der Waals surface area contributed by atoms with Gasteiger partial charge in [0.25, 0.3) is 0 Å². The Morgan fingerprint density at radius 2 is 1.71 bits per heavy atom. The molecule has 0 saturated carbocycles. The molecule has 1 amide bonds. The number of hydrogen-bond donors (Lipinski definition) is 2. The summed E-state index contributed by atoms with van der Waals surface area (Å²) in [6, 6.07) is 0.466. The highest BCUT2D eigenvalue weighted by molar-refractivity contribution is 5.98. The van der Waals surface area contributed by atoms with E-state index in [4.69, 9.17) is 18.9 Å². The number of amides is 1. The van der Waals surface area contributed by atoms with E-state index in [-0.39, 0.29) is 37.4 Å². The monoisotopic (exact) mass is 602 g/mol. The zero-order valence-corrected chi connectivity index (χ0v) is 27.9. The lowest BCUT2D eigenvalue weighted by Gasteiger charge is -2.52. The summed E-state index contributed by atoms with van der Waals surface area (Å²) >= 11 is 0. The standard InChI is InChI=1S/C21H35NO7.C8H17NO2.C2H6/c1-7-9-21(26)12-22-18(25)29-20(22,5)13-28-17(24)15(3)16(23)8-10-19(4,27-6)11-14(21)2;1-6-4-7(9(2)3)5-8(10)11-6;1-2/h14-15,26H,7-13H2,1-6H3;6-8,10H,4-5H2,1-3H3;1-2H3/t14-,15?,19+,20-,21-;;/m1../s1. The predicted octanol–water partition coefficient (Wildman–Crippen LogP) is 4.12. The van der Waals surface area contributed by atoms with Crippen LogP contribution in [0.5, 0.6) is 0 Å². The maximum absolute atomic E-state index is 12.5. The second-order valence-electron chi connectivity index (χ2n) is 12.5. The highest BCUT2D eigenvalue weighted by Gasteiger charge is 2.55. The van der Waals surface area contributed by atoms with Crippen LogP contribution >= 0.6 is 0 Å². The summed E-state index contributed by atoms with van der Waals surface area (Å²) in [6.07, 6.45) is 3.15. The Balaban J connectivity index is 0.000000564. The maximum Gasteiger partial charge on any atom is 0.415 e. The first-order valence-corrected chi connectivity index (χ1v) is 15.5. The lowest BCUT2D eigenvalue weighted by Crippen LogP contribution is -2.70. The Hall–Kier alpha value is -1.79. The Bertz CT molecular complexity index is 876. The van der Waals surface area contributed by atoms with Crippen LogP contribution in [0, 0.1) is 11.8 Å². The molecule has 3 fully saturated rings. The topological polar surface area (TPSA) is 135 Å². The van der Waals surface area contributed by atoms with Gasteiger partial charge in [-0.05, 0) is 73.4 Å². The van der Waals surface area contributed by atoms with Gasteiger partial charge in [0, 0.05) is 26.0 Å². The maximum atomic E-state index is 12.5. The third-order valence-electron chi connectivity index (χ3n) is 8.78. The average molecular weight is 603 g/mol. The van der Waals surface area contributed by atoms with E-state index in [1.165, 1.54) is 11.8 Å². The van der Waals surface area contributed by atoms with E-state index in [0.717, 1.165) is 19.3 Å². The molecular weight excluding hydrogens is 544 g/mol. The van der Waals surface area contributed by atoms with Gasteiger partial charge in [0.05, 0.1) is 23.9 Å². The first kappa shape index (κ1) is 38.2. The minimum atomic E-state index is -1.17. The largest absolute Gasteiger partial charge is 0.459 e. The number of carbonyl (C=O) groups is 3. The second kappa shape index (κ2) is 16.3. The van der Waals surface area contributed by atoms with Crippen molar-refractivity contribution in [1.82, 2.24) is 9.80 Å². The third kappa shape index (κ3) is 10.1. The molecule has 0 aliphatic carbocycles. The van der Waals surface area contributed by atoms with Gasteiger partial charge in [0.15, 0.2) is 12.9 Å². The van der Waals surface area contributed by atoms with Crippen LogP contribution in [0.25, 0.3) is 0 Å². The van der Waals surface area contributed by atoms with Crippen molar-refractivity contribution in [3.05, 3.63) is 0 Å². The van der Waals surface area contributed by atoms with Crippen molar-refractivity contribution in [3.63, 3.8) is 0 Å². The quantitative estimate of drug-likeness (QED) is 0.357. The Morgan fingerprint density at radius 3 is 2.21 bits per heavy atom. The molecule has 0 bridgehead atoms. The second-order valence-corrected chi connectivity index (χ2v) is 12.5. The van der Waals surface area contributed by atoms with Gasteiger partial charge in [-0.25, -0.2) is 4.79 Å². The van der Waals surface area contributed by atoms with Crippen LogP contribution in [0.3, 0.4) is 0 Å². The first-order chi connectivity index (χ1) is 19.5. The summed E-state index contributed by atoms with van der Waals surface area (Å²) in [7, 11) is 5.66. The molecule has 3 heterocycles. The van der Waals surface area contributed by atoms with Gasteiger partial charge in [0.2, 0.25) is 5.72 Å². The van der Waals surface area contributed by atoms with E-state index in [9.17, 15) is 24.6 Å². The average Bonchev–Trinajstić information content (AvgIpc) is 2.93. The molecule has 11 nitrogen and oxygen atoms in total. The smallest absolute Gasteiger partial charge is 0.415 e. The van der Waals surface area contributed by atoms with Crippen molar-refractivity contribution in [1.29, 1.82) is 0 Å². The van der Waals surface area contributed by atoms with Crippen molar-refractivity contribution < 1.29 is 43.5 Å². The van der Waals surface area contributed by atoms with E-state index in [1.54, 1.807) is 14.0 Å². The first-order valence-electron chi connectivity index (χ1n) is 15.5. The van der Waals surface area contributed by atoms with Gasteiger partial charge in [-0.15, -0.1) is 0 Å². The molecule has 4 unspecified atom stereocenters. The van der Waals surface area contributed by atoms with Gasteiger partial charge in [-0.1, -0.05) is 34.1 Å². The van der Waals surface area contributed by atoms with Gasteiger partial charge in [-0.3, -0.25) is 14.5 Å². The van der Waals surface area contributed by atoms with E-state index in [1.807, 2.05) is 55.6 Å². The molecule has 246 valence electrons. The molecule has 8 atom stereocenters. The molecular formula is C31H58N2O9. The zero-order chi connectivity index (χ0) is 32.5. The predicted molar refractivity (Wildman–Crippen MR) is 160 cm³/mol. The number of hydrogen-bond acceptors (Lipinski definition) is 10. The molecule has 42 heavy (non-hydrogen) atoms. The molecule has 11 heteroatoms. The van der Waals surface area contributed by atoms with Crippen LogP contribution in [0.2, 0.25) is 0 Å². The van der Waals surface area contributed by atoms with E-state index < -0.39 is 41.2 Å². The number of cyclic esters (lactones) is 1. The van der Waals surface area contributed by atoms with Crippen molar-refractivity contribution in [2.24, 2.45) is 11.8 Å². The number of rotatable bonds is 4. The molecule has 3 saturated heterocycles. The normalized spacial score (nSPS) is 37.9. The van der Waals surface area contributed by atoms with E-state index >= 15 is 0 Å². The number of esters is 1. The molecule has 2 N–H and O–H groups in total. The minimum Gasteiger partial charge on any atom is -0.459 e. The van der Waals surface area contributed by atoms with Crippen LogP contribution in [0.1, 0.15) is 100 Å². The van der Waals surface area contributed by atoms with Crippen LogP contribution in [0.4, 0.5) is 4.79 Å². The molecule has 0 radical (unpaired) electrons. The summed E-state index contributed by atoms with van der Waals surface area (Å²) in [5.41, 5.74) is -2.98. The number of Topliss-reactive ketones (excluding diaryl/α,β-unsaturated/α-hetero) is 1. The summed E-state index contributed by atoms with van der Waals surface area (Å²) in [5, 5.41) is 20.7. The van der Waals surface area contributed by atoms with E-state index in [2.05, 4.69) is 4.90 Å². The van der Waals surface area contributed by atoms with Crippen LogP contribution in [0.15, 0.2) is 0 Å². The Kier molecular flexibility index (Phi) is 14.9. The zero-order valence-electron chi connectivity index (χ0n) is 27.9. The number of aliphatic hydroxyl groups excluding tert-OH is 1. The van der Waals surface area contributed by atoms with Crippen LogP contribution < -0.4 is 0 Å². The number of methoxy groups -OCH3 is 1. The van der Waals surface area contributed by atoms with Gasteiger partial charge < -0.3 is 34.1 Å². The molecule has 3 rings (SSSR count). The molecule has 0 aromatic rings. The summed E-state index contributed by atoms with van der Waals surface area (Å²) in [6.45, 7) is 14.9. The molecule has 0 aromatic heterocycles. The summed E-state index contributed by atoms with van der Waals surface area (Å²) in [5.74, 6) is -1.98. The van der Waals surface area contributed by atoms with Crippen molar-refractivity contribution in [3.8, 4) is 0 Å². The Labute approximate surface area is 253 Å². The van der Waals surface area contributed by atoms with Crippen molar-refractivity contribution in [2.45, 2.75) is 136 Å². The number of fused-ring (bicyclic) bond motifs is 1. The number of aliphatic hydroxyl groups is 2. The Morgan fingerprint density at radius 1 is 1.10 bits per heavy atom. The number of carbonyl (C=O) groups excluding carboxylic acids is 3. The van der Waals surface area contributed by atoms with Gasteiger partial charge in [-0.2, -0.15) is 0 Å². The number of ketones is 1. The van der Waals surface area contributed by atoms with Crippen molar-refractivity contribution >= 4 is 17.8 Å². The van der Waals surface area contributed by atoms with Crippen LogP contribution in [-0.2, 0) is 28.5 Å². The van der Waals surface area contributed by atoms with Gasteiger partial charge >= 0.3 is 12.1 Å². The molecule has 0 spiro atoms. The fourth-order valence-corrected chi connectivity index (χ4v) is 5.68. The number of nitrogens with zero attached hydrogens (tertiary/aromatic N) is 2. The lowest BCUT2D eigenvalue weighted by molar-refractivity contribution is -0.225. The fraction of sp³-hybridized carbons (Fsp3) is 0.903. The third-order valence-corrected chi connectivity index (χ3v) is 8.78. The molecule has 0 aromatic carbocycles. The highest BCUT2D eigenvalue weighted by Crippen LogP contribution is 2.39. The molecule has 3 aliphatic rings. The van der Waals surface area contributed by atoms with E-state index in [0.29, 0.717) is 25.3 Å². The van der Waals surface area contributed by atoms with Crippen molar-refractivity contribution in [2.75, 3.05) is 34.4 Å². The SMILES string of the molecule is CC.CC1CC(N(C)C)CC(O)O1.CCC[C@@]1(O)CN2C(=O)O[C@]2(C)COC(=O)C(C)C(=O)CC[C@](C)(OC)C[C@H]1C. The summed E-state index contributed by atoms with van der Waals surface area (Å²) < 4.78 is 21.5. The number of ether oxygens (including phenoxy) is 4.